The third-order valence-electron chi connectivity index (χ3n) is 4.98. The lowest BCUT2D eigenvalue weighted by Crippen LogP contribution is -2.40. The van der Waals surface area contributed by atoms with Crippen molar-refractivity contribution in [1.29, 1.82) is 0 Å². The van der Waals surface area contributed by atoms with Gasteiger partial charge in [-0.25, -0.2) is 0 Å². The Labute approximate surface area is 166 Å². The van der Waals surface area contributed by atoms with Crippen molar-refractivity contribution in [2.24, 2.45) is 16.3 Å². The molecule has 0 radical (unpaired) electrons. The Bertz CT molecular complexity index is 372. The van der Waals surface area contributed by atoms with Crippen LogP contribution in [0, 0.1) is 11.3 Å². The first kappa shape index (κ1) is 22.0. The number of nitrogens with one attached hydrogen (secondary N) is 1. The van der Waals surface area contributed by atoms with Gasteiger partial charge in [0.05, 0.1) is 0 Å². The Morgan fingerprint density at radius 1 is 1.17 bits per heavy atom. The highest BCUT2D eigenvalue weighted by molar-refractivity contribution is 14.0. The number of guanidine groups is 1. The number of nitrogens with zero attached hydrogens (tertiary/aromatic N) is 3. The molecule has 24 heavy (non-hydrogen) atoms. The average molecular weight is 450 g/mol. The summed E-state index contributed by atoms with van der Waals surface area (Å²) in [6.45, 7) is 17.3. The molecule has 5 heteroatoms. The SMILES string of the molecule is CCNC(=NCCCC(C)(C)C)N1CCC(CN2CCCC2)C1.I. The van der Waals surface area contributed by atoms with Crippen molar-refractivity contribution < 1.29 is 0 Å². The van der Waals surface area contributed by atoms with Gasteiger partial charge in [-0.05, 0) is 63.5 Å². The second kappa shape index (κ2) is 10.8. The largest absolute Gasteiger partial charge is 0.357 e. The van der Waals surface area contributed by atoms with Crippen molar-refractivity contribution in [1.82, 2.24) is 15.1 Å². The molecule has 2 aliphatic heterocycles. The molecule has 4 nitrogen and oxygen atoms in total. The van der Waals surface area contributed by atoms with E-state index in [1.165, 1.54) is 64.8 Å². The molecule has 0 aromatic rings. The van der Waals surface area contributed by atoms with Crippen LogP contribution < -0.4 is 5.32 Å². The predicted molar refractivity (Wildman–Crippen MR) is 115 cm³/mol. The first-order valence-corrected chi connectivity index (χ1v) is 9.73. The number of likely N-dealkylation sites (tertiary alicyclic amines) is 2. The zero-order valence-electron chi connectivity index (χ0n) is 16.3. The van der Waals surface area contributed by atoms with Crippen molar-refractivity contribution in [2.45, 2.75) is 59.8 Å². The van der Waals surface area contributed by atoms with Crippen LogP contribution in [-0.4, -0.2) is 61.6 Å². The van der Waals surface area contributed by atoms with E-state index in [0.29, 0.717) is 5.41 Å². The topological polar surface area (TPSA) is 30.9 Å². The highest BCUT2D eigenvalue weighted by atomic mass is 127. The van der Waals surface area contributed by atoms with E-state index in [2.05, 4.69) is 42.8 Å². The molecule has 1 unspecified atom stereocenters. The number of hydrogen-bond acceptors (Lipinski definition) is 2. The van der Waals surface area contributed by atoms with Crippen molar-refractivity contribution in [3.05, 3.63) is 0 Å². The number of hydrogen-bond donors (Lipinski definition) is 1. The summed E-state index contributed by atoms with van der Waals surface area (Å²) in [5, 5.41) is 3.50. The van der Waals surface area contributed by atoms with Crippen molar-refractivity contribution in [3.63, 3.8) is 0 Å². The van der Waals surface area contributed by atoms with E-state index in [4.69, 9.17) is 4.99 Å². The molecule has 0 amide bonds. The highest BCUT2D eigenvalue weighted by Gasteiger charge is 2.27. The molecule has 0 bridgehead atoms. The fraction of sp³-hybridized carbons (Fsp3) is 0.947. The highest BCUT2D eigenvalue weighted by Crippen LogP contribution is 2.21. The van der Waals surface area contributed by atoms with Crippen LogP contribution in [0.2, 0.25) is 0 Å². The molecule has 2 saturated heterocycles. The Kier molecular flexibility index (Phi) is 9.94. The molecule has 1 N–H and O–H groups in total. The Hall–Kier alpha value is -0.0400. The zero-order valence-corrected chi connectivity index (χ0v) is 18.6. The molecule has 0 aromatic carbocycles. The van der Waals surface area contributed by atoms with Crippen LogP contribution >= 0.6 is 24.0 Å². The Morgan fingerprint density at radius 2 is 1.88 bits per heavy atom. The summed E-state index contributed by atoms with van der Waals surface area (Å²) < 4.78 is 0. The third kappa shape index (κ3) is 7.89. The summed E-state index contributed by atoms with van der Waals surface area (Å²) in [6, 6.07) is 0. The molecular weight excluding hydrogens is 411 g/mol. The molecule has 2 rings (SSSR count). The van der Waals surface area contributed by atoms with Crippen LogP contribution in [0.5, 0.6) is 0 Å². The minimum atomic E-state index is 0. The van der Waals surface area contributed by atoms with Crippen LogP contribution in [0.15, 0.2) is 4.99 Å². The summed E-state index contributed by atoms with van der Waals surface area (Å²) in [6.07, 6.45) is 6.54. The number of halogens is 1. The van der Waals surface area contributed by atoms with E-state index in [-0.39, 0.29) is 24.0 Å². The van der Waals surface area contributed by atoms with Crippen LogP contribution in [0.1, 0.15) is 59.8 Å². The Morgan fingerprint density at radius 3 is 2.50 bits per heavy atom. The maximum atomic E-state index is 4.88. The fourth-order valence-electron chi connectivity index (χ4n) is 3.72. The molecule has 2 aliphatic rings. The lowest BCUT2D eigenvalue weighted by atomic mass is 9.91. The van der Waals surface area contributed by atoms with Gasteiger partial charge in [-0.3, -0.25) is 4.99 Å². The molecule has 0 saturated carbocycles. The van der Waals surface area contributed by atoms with E-state index in [0.717, 1.165) is 25.0 Å². The smallest absolute Gasteiger partial charge is 0.193 e. The predicted octanol–water partition coefficient (Wildman–Crippen LogP) is 3.81. The monoisotopic (exact) mass is 450 g/mol. The second-order valence-electron chi connectivity index (χ2n) is 8.51. The summed E-state index contributed by atoms with van der Waals surface area (Å²) in [5.74, 6) is 1.97. The van der Waals surface area contributed by atoms with Crippen LogP contribution in [-0.2, 0) is 0 Å². The van der Waals surface area contributed by atoms with Gasteiger partial charge in [0.15, 0.2) is 5.96 Å². The maximum Gasteiger partial charge on any atom is 0.193 e. The van der Waals surface area contributed by atoms with E-state index in [1.54, 1.807) is 0 Å². The fourth-order valence-corrected chi connectivity index (χ4v) is 3.72. The lowest BCUT2D eigenvalue weighted by Gasteiger charge is -2.23. The zero-order chi connectivity index (χ0) is 16.7. The lowest BCUT2D eigenvalue weighted by molar-refractivity contribution is 0.281. The van der Waals surface area contributed by atoms with Gasteiger partial charge in [-0.15, -0.1) is 24.0 Å². The third-order valence-corrected chi connectivity index (χ3v) is 4.98. The van der Waals surface area contributed by atoms with Gasteiger partial charge >= 0.3 is 0 Å². The van der Waals surface area contributed by atoms with Gasteiger partial charge in [-0.2, -0.15) is 0 Å². The average Bonchev–Trinajstić information content (AvgIpc) is 3.13. The molecule has 0 aromatic heterocycles. The normalized spacial score (nSPS) is 22.8. The molecule has 0 aliphatic carbocycles. The molecule has 2 heterocycles. The van der Waals surface area contributed by atoms with Crippen molar-refractivity contribution in [2.75, 3.05) is 45.8 Å². The first-order valence-electron chi connectivity index (χ1n) is 9.73. The molecule has 0 spiro atoms. The van der Waals surface area contributed by atoms with Gasteiger partial charge in [-0.1, -0.05) is 20.8 Å². The molecular formula is C19H39IN4. The van der Waals surface area contributed by atoms with Crippen LogP contribution in [0.4, 0.5) is 0 Å². The first-order chi connectivity index (χ1) is 11.0. The standard InChI is InChI=1S/C19H38N4.HI/c1-5-20-18(21-11-8-10-19(2,3)4)23-14-9-17(16-23)15-22-12-6-7-13-22;/h17H,5-16H2,1-4H3,(H,20,21);1H. The van der Waals surface area contributed by atoms with E-state index >= 15 is 0 Å². The van der Waals surface area contributed by atoms with Crippen molar-refractivity contribution in [3.8, 4) is 0 Å². The summed E-state index contributed by atoms with van der Waals surface area (Å²) in [5.41, 5.74) is 0.419. The van der Waals surface area contributed by atoms with E-state index < -0.39 is 0 Å². The van der Waals surface area contributed by atoms with Gasteiger partial charge < -0.3 is 15.1 Å². The Balaban J connectivity index is 0.00000288. The minimum Gasteiger partial charge on any atom is -0.357 e. The molecule has 1 atom stereocenters. The minimum absolute atomic E-state index is 0. The summed E-state index contributed by atoms with van der Waals surface area (Å²) >= 11 is 0. The maximum absolute atomic E-state index is 4.88. The molecule has 142 valence electrons. The number of rotatable bonds is 6. The van der Waals surface area contributed by atoms with Gasteiger partial charge in [0.25, 0.3) is 0 Å². The summed E-state index contributed by atoms with van der Waals surface area (Å²) in [7, 11) is 0. The van der Waals surface area contributed by atoms with Crippen molar-refractivity contribution >= 4 is 29.9 Å². The van der Waals surface area contributed by atoms with E-state index in [9.17, 15) is 0 Å². The molecule has 2 fully saturated rings. The van der Waals surface area contributed by atoms with E-state index in [1.807, 2.05) is 0 Å². The van der Waals surface area contributed by atoms with Crippen LogP contribution in [0.3, 0.4) is 0 Å². The number of aliphatic imine (C=N–C) groups is 1. The quantitative estimate of drug-likeness (QED) is 0.289. The summed E-state index contributed by atoms with van der Waals surface area (Å²) in [4.78, 5) is 10.0. The van der Waals surface area contributed by atoms with Gasteiger partial charge in [0.1, 0.15) is 0 Å². The van der Waals surface area contributed by atoms with Crippen LogP contribution in [0.25, 0.3) is 0 Å². The van der Waals surface area contributed by atoms with Gasteiger partial charge in [0.2, 0.25) is 0 Å². The second-order valence-corrected chi connectivity index (χ2v) is 8.51. The van der Waals surface area contributed by atoms with Gasteiger partial charge in [0, 0.05) is 32.7 Å².